The maximum absolute atomic E-state index is 11.0. The second kappa shape index (κ2) is 4.61. The van der Waals surface area contributed by atoms with Crippen LogP contribution in [0, 0.1) is 0 Å². The van der Waals surface area contributed by atoms with Gasteiger partial charge in [-0.25, -0.2) is 0 Å². The molecule has 1 atom stereocenters. The van der Waals surface area contributed by atoms with Crippen molar-refractivity contribution in [1.82, 2.24) is 4.90 Å². The zero-order valence-corrected chi connectivity index (χ0v) is 8.94. The summed E-state index contributed by atoms with van der Waals surface area (Å²) in [6.07, 6.45) is 8.45. The first kappa shape index (κ1) is 11.3. The van der Waals surface area contributed by atoms with E-state index in [4.69, 9.17) is 4.55 Å². The number of hydrogen-bond acceptors (Lipinski definition) is 3. The molecule has 0 aromatic heterocycles. The van der Waals surface area contributed by atoms with Crippen LogP contribution >= 0.6 is 0 Å². The Labute approximate surface area is 84.7 Å². The Morgan fingerprint density at radius 3 is 2.71 bits per heavy atom. The minimum absolute atomic E-state index is 0.641. The van der Waals surface area contributed by atoms with E-state index in [1.807, 2.05) is 6.92 Å². The van der Waals surface area contributed by atoms with E-state index in [2.05, 4.69) is 0 Å². The molecule has 1 heterocycles. The summed E-state index contributed by atoms with van der Waals surface area (Å²) < 4.78 is 30.9. The Hall–Kier alpha value is -0.810. The van der Waals surface area contributed by atoms with Crippen LogP contribution in [0.5, 0.6) is 0 Å². The minimum atomic E-state index is -4.02. The van der Waals surface area contributed by atoms with E-state index in [0.717, 1.165) is 12.8 Å². The van der Waals surface area contributed by atoms with Crippen LogP contribution in [-0.2, 0) is 10.1 Å². The van der Waals surface area contributed by atoms with Gasteiger partial charge in [-0.1, -0.05) is 19.4 Å². The number of nitrogens with zero attached hydrogens (tertiary/aromatic N) is 1. The highest BCUT2D eigenvalue weighted by Gasteiger charge is 2.25. The van der Waals surface area contributed by atoms with Crippen LogP contribution in [0.25, 0.3) is 0 Å². The van der Waals surface area contributed by atoms with Gasteiger partial charge in [-0.05, 0) is 18.6 Å². The molecule has 0 aromatic carbocycles. The van der Waals surface area contributed by atoms with Crippen LogP contribution in [0.1, 0.15) is 19.8 Å². The third kappa shape index (κ3) is 2.85. The summed E-state index contributed by atoms with van der Waals surface area (Å²) in [7, 11) is -4.02. The van der Waals surface area contributed by atoms with Gasteiger partial charge in [-0.3, -0.25) is 4.55 Å². The molecule has 80 valence electrons. The van der Waals surface area contributed by atoms with Crippen molar-refractivity contribution in [3.05, 3.63) is 24.4 Å². The highest BCUT2D eigenvalue weighted by molar-refractivity contribution is 7.86. The molecular formula is C9H15NO3S. The van der Waals surface area contributed by atoms with Gasteiger partial charge in [0.2, 0.25) is 0 Å². The van der Waals surface area contributed by atoms with E-state index < -0.39 is 15.5 Å². The third-order valence-electron chi connectivity index (χ3n) is 2.07. The first-order valence-corrected chi connectivity index (χ1v) is 6.13. The van der Waals surface area contributed by atoms with Gasteiger partial charge in [0.25, 0.3) is 10.1 Å². The molecule has 0 bridgehead atoms. The van der Waals surface area contributed by atoms with Crippen LogP contribution in [0.3, 0.4) is 0 Å². The Bertz CT molecular complexity index is 332. The highest BCUT2D eigenvalue weighted by atomic mass is 32.2. The molecule has 0 spiro atoms. The van der Waals surface area contributed by atoms with Crippen molar-refractivity contribution in [3.63, 3.8) is 0 Å². The molecule has 14 heavy (non-hydrogen) atoms. The molecule has 1 rings (SSSR count). The normalized spacial score (nSPS) is 21.6. The number of unbranched alkanes of at least 4 members (excludes halogenated alkanes) is 1. The topological polar surface area (TPSA) is 57.6 Å². The summed E-state index contributed by atoms with van der Waals surface area (Å²) in [6, 6.07) is 0. The van der Waals surface area contributed by atoms with Crippen LogP contribution in [-0.4, -0.2) is 29.8 Å². The van der Waals surface area contributed by atoms with Crippen molar-refractivity contribution in [2.75, 3.05) is 6.54 Å². The van der Waals surface area contributed by atoms with Crippen molar-refractivity contribution in [2.24, 2.45) is 0 Å². The Morgan fingerprint density at radius 1 is 1.43 bits per heavy atom. The lowest BCUT2D eigenvalue weighted by Gasteiger charge is -2.27. The summed E-state index contributed by atoms with van der Waals surface area (Å²) in [5.74, 6) is 0. The van der Waals surface area contributed by atoms with Crippen LogP contribution in [0.15, 0.2) is 24.4 Å². The molecule has 1 aliphatic rings. The molecule has 5 heteroatoms. The van der Waals surface area contributed by atoms with E-state index in [1.165, 1.54) is 6.08 Å². The molecule has 0 fully saturated rings. The smallest absolute Gasteiger partial charge is 0.290 e. The zero-order chi connectivity index (χ0) is 10.6. The molecule has 0 aliphatic carbocycles. The standard InChI is InChI=1S/C9H15NO3S/c1-2-3-7-10-8-5-4-6-9(10)14(11,12)13/h4-6,8-9H,2-3,7H2,1H3,(H,11,12,13). The quantitative estimate of drug-likeness (QED) is 0.723. The van der Waals surface area contributed by atoms with Gasteiger partial charge < -0.3 is 4.90 Å². The molecule has 0 saturated heterocycles. The summed E-state index contributed by atoms with van der Waals surface area (Å²) in [5, 5.41) is -0.918. The largest absolute Gasteiger partial charge is 0.356 e. The monoisotopic (exact) mass is 217 g/mol. The van der Waals surface area contributed by atoms with Gasteiger partial charge >= 0.3 is 0 Å². The van der Waals surface area contributed by atoms with E-state index in [-0.39, 0.29) is 0 Å². The molecule has 1 aliphatic heterocycles. The summed E-state index contributed by atoms with van der Waals surface area (Å²) in [4.78, 5) is 1.62. The number of hydrogen-bond donors (Lipinski definition) is 1. The van der Waals surface area contributed by atoms with Gasteiger partial charge in [0.05, 0.1) is 0 Å². The summed E-state index contributed by atoms with van der Waals surface area (Å²) in [5.41, 5.74) is 0. The molecule has 1 unspecified atom stereocenters. The summed E-state index contributed by atoms with van der Waals surface area (Å²) >= 11 is 0. The molecule has 0 saturated carbocycles. The van der Waals surface area contributed by atoms with Crippen LogP contribution < -0.4 is 0 Å². The van der Waals surface area contributed by atoms with Gasteiger partial charge in [0.15, 0.2) is 5.37 Å². The lowest BCUT2D eigenvalue weighted by atomic mass is 10.3. The average molecular weight is 217 g/mol. The predicted molar refractivity (Wildman–Crippen MR) is 55.2 cm³/mol. The van der Waals surface area contributed by atoms with E-state index in [9.17, 15) is 8.42 Å². The zero-order valence-electron chi connectivity index (χ0n) is 8.13. The van der Waals surface area contributed by atoms with E-state index >= 15 is 0 Å². The lowest BCUT2D eigenvalue weighted by molar-refractivity contribution is 0.342. The maximum atomic E-state index is 11.0. The first-order chi connectivity index (χ1) is 6.55. The second-order valence-corrected chi connectivity index (χ2v) is 4.74. The van der Waals surface area contributed by atoms with Crippen LogP contribution in [0.2, 0.25) is 0 Å². The minimum Gasteiger partial charge on any atom is -0.356 e. The van der Waals surface area contributed by atoms with Gasteiger partial charge in [-0.15, -0.1) is 0 Å². The second-order valence-electron chi connectivity index (χ2n) is 3.22. The van der Waals surface area contributed by atoms with Gasteiger partial charge in [0, 0.05) is 12.7 Å². The van der Waals surface area contributed by atoms with Crippen molar-refractivity contribution in [3.8, 4) is 0 Å². The average Bonchev–Trinajstić information content (AvgIpc) is 2.14. The van der Waals surface area contributed by atoms with Crippen molar-refractivity contribution in [2.45, 2.75) is 25.1 Å². The van der Waals surface area contributed by atoms with E-state index in [1.54, 1.807) is 23.3 Å². The number of allylic oxidation sites excluding steroid dienone is 2. The van der Waals surface area contributed by atoms with Crippen LogP contribution in [0.4, 0.5) is 0 Å². The fraction of sp³-hybridized carbons (Fsp3) is 0.556. The summed E-state index contributed by atoms with van der Waals surface area (Å²) in [6.45, 7) is 2.67. The van der Waals surface area contributed by atoms with Crippen molar-refractivity contribution >= 4 is 10.1 Å². The van der Waals surface area contributed by atoms with Crippen molar-refractivity contribution < 1.29 is 13.0 Å². The Balaban J connectivity index is 2.72. The SMILES string of the molecule is CCCCN1C=CC=CC1S(=O)(=O)O. The Kier molecular flexibility index (Phi) is 3.71. The number of rotatable bonds is 4. The Morgan fingerprint density at radius 2 is 2.14 bits per heavy atom. The van der Waals surface area contributed by atoms with Gasteiger partial charge in [-0.2, -0.15) is 8.42 Å². The highest BCUT2D eigenvalue weighted by Crippen LogP contribution is 2.14. The molecule has 1 N–H and O–H groups in total. The molecule has 0 amide bonds. The molecule has 0 radical (unpaired) electrons. The predicted octanol–water partition coefficient (Wildman–Crippen LogP) is 1.39. The molecular weight excluding hydrogens is 202 g/mol. The fourth-order valence-corrected chi connectivity index (χ4v) is 2.13. The van der Waals surface area contributed by atoms with Crippen molar-refractivity contribution in [1.29, 1.82) is 0 Å². The first-order valence-electron chi connectivity index (χ1n) is 4.62. The fourth-order valence-electron chi connectivity index (χ4n) is 1.33. The van der Waals surface area contributed by atoms with E-state index in [0.29, 0.717) is 6.54 Å². The maximum Gasteiger partial charge on any atom is 0.290 e. The lowest BCUT2D eigenvalue weighted by Crippen LogP contribution is -2.37. The molecule has 0 aromatic rings. The van der Waals surface area contributed by atoms with Gasteiger partial charge in [0.1, 0.15) is 0 Å². The third-order valence-corrected chi connectivity index (χ3v) is 3.10. The molecule has 4 nitrogen and oxygen atoms in total.